The molecule has 0 spiro atoms. The Kier molecular flexibility index (Phi) is 15.8. The molecule has 0 aliphatic heterocycles. The average molecular weight is 694 g/mol. The van der Waals surface area contributed by atoms with Gasteiger partial charge in [-0.1, -0.05) is 133 Å². The molecule has 3 nitrogen and oxygen atoms in total. The number of halogens is 1. The number of hydrogen-bond acceptors (Lipinski definition) is 3. The number of aliphatic hydroxyl groups is 1. The van der Waals surface area contributed by atoms with Crippen LogP contribution in [-0.4, -0.2) is 21.7 Å². The minimum absolute atomic E-state index is 0.0844. The third-order valence-electron chi connectivity index (χ3n) is 9.46. The molecular formula is C37H65BrO3Si2. The van der Waals surface area contributed by atoms with E-state index in [1.807, 2.05) is 6.07 Å². The van der Waals surface area contributed by atoms with Crippen molar-refractivity contribution in [3.63, 3.8) is 0 Å². The molecule has 0 radical (unpaired) electrons. The van der Waals surface area contributed by atoms with E-state index in [2.05, 4.69) is 157 Å². The minimum atomic E-state index is -1.94. The van der Waals surface area contributed by atoms with Gasteiger partial charge in [0.1, 0.15) is 11.5 Å². The topological polar surface area (TPSA) is 38.7 Å². The maximum atomic E-state index is 9.40. The third-order valence-corrected chi connectivity index (χ3v) is 21.9. The molecule has 0 aromatic heterocycles. The first-order valence-corrected chi connectivity index (χ1v) is 21.8. The van der Waals surface area contributed by atoms with Crippen LogP contribution >= 0.6 is 15.9 Å². The Bertz CT molecular complexity index is 1080. The molecular weight excluding hydrogens is 628 g/mol. The van der Waals surface area contributed by atoms with Gasteiger partial charge in [0.2, 0.25) is 0 Å². The van der Waals surface area contributed by atoms with Crippen LogP contribution in [0.3, 0.4) is 0 Å². The Morgan fingerprint density at radius 1 is 0.535 bits per heavy atom. The van der Waals surface area contributed by atoms with Gasteiger partial charge in [0, 0.05) is 4.47 Å². The maximum absolute atomic E-state index is 9.40. The van der Waals surface area contributed by atoms with Crippen LogP contribution in [0.5, 0.6) is 11.5 Å². The molecule has 2 aromatic rings. The average Bonchev–Trinajstić information content (AvgIpc) is 2.89. The zero-order valence-electron chi connectivity index (χ0n) is 30.4. The summed E-state index contributed by atoms with van der Waals surface area (Å²) in [4.78, 5) is 0. The Labute approximate surface area is 277 Å². The largest absolute Gasteiger partial charge is 0.542 e. The standard InChI is InChI=1S/C19H34O2Si.C18H31BrOSi/c1-13(2)18-11-17(12-20)9-10-19(18)21-22(14(3)4,15(5)6)16(7)8;1-12(2)17-11-16(19)9-10-18(17)20-21(13(3)4,14(5)6)15(7)8/h9-11,13-16,20H,12H2,1-8H3;9-15H,1-8H3. The second kappa shape index (κ2) is 17.0. The number of benzene rings is 2. The van der Waals surface area contributed by atoms with Gasteiger partial charge in [-0.2, -0.15) is 0 Å². The highest BCUT2D eigenvalue weighted by Gasteiger charge is 2.48. The highest BCUT2D eigenvalue weighted by molar-refractivity contribution is 9.10. The second-order valence-corrected chi connectivity index (χ2v) is 26.5. The van der Waals surface area contributed by atoms with Gasteiger partial charge < -0.3 is 14.0 Å². The molecule has 2 rings (SSSR count). The highest BCUT2D eigenvalue weighted by atomic mass is 79.9. The summed E-state index contributed by atoms with van der Waals surface area (Å²) in [5.41, 5.74) is 6.96. The van der Waals surface area contributed by atoms with Gasteiger partial charge in [-0.05, 0) is 92.1 Å². The SMILES string of the molecule is CC(C)c1cc(Br)ccc1O[Si](C(C)C)(C(C)C)C(C)C.CC(C)c1cc(CO)ccc1O[Si](C(C)C)(C(C)C)C(C)C. The summed E-state index contributed by atoms with van der Waals surface area (Å²) in [5.74, 6) is 2.97. The lowest BCUT2D eigenvalue weighted by molar-refractivity contribution is 0.281. The molecule has 0 aliphatic carbocycles. The second-order valence-electron chi connectivity index (χ2n) is 14.9. The monoisotopic (exact) mass is 692 g/mol. The fraction of sp³-hybridized carbons (Fsp3) is 0.676. The summed E-state index contributed by atoms with van der Waals surface area (Å²) in [7, 11) is -3.81. The van der Waals surface area contributed by atoms with E-state index in [1.165, 1.54) is 11.1 Å². The van der Waals surface area contributed by atoms with E-state index in [1.54, 1.807) is 0 Å². The molecule has 0 amide bonds. The van der Waals surface area contributed by atoms with Gasteiger partial charge in [-0.25, -0.2) is 0 Å². The van der Waals surface area contributed by atoms with Crippen LogP contribution in [0.4, 0.5) is 0 Å². The Balaban J connectivity index is 0.000000430. The number of rotatable bonds is 13. The molecule has 0 aliphatic rings. The van der Waals surface area contributed by atoms with Crippen LogP contribution in [0.1, 0.15) is 139 Å². The Morgan fingerprint density at radius 3 is 1.16 bits per heavy atom. The Morgan fingerprint density at radius 2 is 0.860 bits per heavy atom. The molecule has 0 saturated carbocycles. The predicted octanol–water partition coefficient (Wildman–Crippen LogP) is 13.0. The van der Waals surface area contributed by atoms with Crippen molar-refractivity contribution in [3.05, 3.63) is 57.6 Å². The molecule has 246 valence electrons. The summed E-state index contributed by atoms with van der Waals surface area (Å²) in [6, 6.07) is 12.6. The summed E-state index contributed by atoms with van der Waals surface area (Å²) in [5, 5.41) is 9.40. The minimum Gasteiger partial charge on any atom is -0.542 e. The molecule has 1 N–H and O–H groups in total. The molecule has 2 aromatic carbocycles. The summed E-state index contributed by atoms with van der Waals surface area (Å²) in [6.07, 6.45) is 0. The van der Waals surface area contributed by atoms with E-state index in [4.69, 9.17) is 8.85 Å². The van der Waals surface area contributed by atoms with Crippen LogP contribution in [0.15, 0.2) is 40.9 Å². The van der Waals surface area contributed by atoms with Gasteiger partial charge in [0.05, 0.1) is 6.61 Å². The summed E-state index contributed by atoms with van der Waals surface area (Å²) >= 11 is 3.59. The van der Waals surface area contributed by atoms with Gasteiger partial charge in [0.25, 0.3) is 16.6 Å². The summed E-state index contributed by atoms with van der Waals surface area (Å²) in [6.45, 7) is 36.8. The third kappa shape index (κ3) is 9.46. The molecule has 0 atom stereocenters. The molecule has 0 unspecified atom stereocenters. The van der Waals surface area contributed by atoms with Crippen molar-refractivity contribution in [2.24, 2.45) is 0 Å². The van der Waals surface area contributed by atoms with E-state index >= 15 is 0 Å². The van der Waals surface area contributed by atoms with Crippen LogP contribution in [-0.2, 0) is 6.61 Å². The molecule has 0 heterocycles. The highest BCUT2D eigenvalue weighted by Crippen LogP contribution is 2.45. The zero-order chi connectivity index (χ0) is 33.4. The zero-order valence-corrected chi connectivity index (χ0v) is 34.0. The van der Waals surface area contributed by atoms with Crippen molar-refractivity contribution in [1.29, 1.82) is 0 Å². The maximum Gasteiger partial charge on any atom is 0.258 e. The molecule has 0 bridgehead atoms. The van der Waals surface area contributed by atoms with Crippen LogP contribution < -0.4 is 8.85 Å². The molecule has 0 fully saturated rings. The lowest BCUT2D eigenvalue weighted by Gasteiger charge is -2.43. The van der Waals surface area contributed by atoms with E-state index < -0.39 is 16.6 Å². The van der Waals surface area contributed by atoms with Crippen molar-refractivity contribution in [2.75, 3.05) is 0 Å². The van der Waals surface area contributed by atoms with Crippen LogP contribution in [0.25, 0.3) is 0 Å². The van der Waals surface area contributed by atoms with E-state index in [-0.39, 0.29) is 6.61 Å². The van der Waals surface area contributed by atoms with Crippen LogP contribution in [0, 0.1) is 0 Å². The smallest absolute Gasteiger partial charge is 0.258 e. The van der Waals surface area contributed by atoms with E-state index in [9.17, 15) is 5.11 Å². The van der Waals surface area contributed by atoms with Gasteiger partial charge in [-0.15, -0.1) is 0 Å². The van der Waals surface area contributed by atoms with E-state index in [0.717, 1.165) is 21.5 Å². The van der Waals surface area contributed by atoms with Gasteiger partial charge in [-0.3, -0.25) is 0 Å². The lowest BCUT2D eigenvalue weighted by atomic mass is 10.00. The normalized spacial score (nSPS) is 12.8. The fourth-order valence-corrected chi connectivity index (χ4v) is 18.3. The predicted molar refractivity (Wildman–Crippen MR) is 198 cm³/mol. The van der Waals surface area contributed by atoms with Crippen molar-refractivity contribution in [3.8, 4) is 11.5 Å². The van der Waals surface area contributed by atoms with E-state index in [0.29, 0.717) is 45.1 Å². The molecule has 43 heavy (non-hydrogen) atoms. The molecule has 0 saturated heterocycles. The Hall–Kier alpha value is -1.09. The first-order chi connectivity index (χ1) is 19.8. The molecule has 6 heteroatoms. The van der Waals surface area contributed by atoms with Gasteiger partial charge >= 0.3 is 0 Å². The van der Waals surface area contributed by atoms with Crippen molar-refractivity contribution in [2.45, 2.75) is 162 Å². The quantitative estimate of drug-likeness (QED) is 0.212. The van der Waals surface area contributed by atoms with Crippen molar-refractivity contribution >= 4 is 32.6 Å². The fourth-order valence-electron chi connectivity index (χ4n) is 7.39. The first-order valence-electron chi connectivity index (χ1n) is 16.7. The van der Waals surface area contributed by atoms with Crippen LogP contribution in [0.2, 0.25) is 33.2 Å². The van der Waals surface area contributed by atoms with Gasteiger partial charge in [0.15, 0.2) is 0 Å². The van der Waals surface area contributed by atoms with Crippen molar-refractivity contribution in [1.82, 2.24) is 0 Å². The van der Waals surface area contributed by atoms with Crippen molar-refractivity contribution < 1.29 is 14.0 Å². The summed E-state index contributed by atoms with van der Waals surface area (Å²) < 4.78 is 14.8. The number of aliphatic hydroxyl groups excluding tert-OH is 1. The first kappa shape index (κ1) is 39.9. The number of hydrogen-bond donors (Lipinski definition) is 1. The lowest BCUT2D eigenvalue weighted by Crippen LogP contribution is -2.50.